The second-order valence-corrected chi connectivity index (χ2v) is 8.17. The van der Waals surface area contributed by atoms with E-state index >= 15 is 0 Å². The van der Waals surface area contributed by atoms with Crippen molar-refractivity contribution in [1.82, 2.24) is 14.9 Å². The number of hydrogen-bond donors (Lipinski definition) is 0. The average Bonchev–Trinajstić information content (AvgIpc) is 2.80. The summed E-state index contributed by atoms with van der Waals surface area (Å²) >= 11 is 6.45. The lowest BCUT2D eigenvalue weighted by Crippen LogP contribution is -2.27. The number of amides is 1. The van der Waals surface area contributed by atoms with Gasteiger partial charge in [0.15, 0.2) is 5.16 Å². The zero-order chi connectivity index (χ0) is 15.4. The van der Waals surface area contributed by atoms with Crippen LogP contribution in [0.5, 0.6) is 0 Å². The minimum Gasteiger partial charge on any atom is -0.340 e. The maximum atomic E-state index is 12.1. The van der Waals surface area contributed by atoms with Gasteiger partial charge < -0.3 is 4.90 Å². The van der Waals surface area contributed by atoms with Crippen molar-refractivity contribution in [3.8, 4) is 0 Å². The molecule has 0 spiro atoms. The molecule has 0 radical (unpaired) electrons. The maximum absolute atomic E-state index is 12.1. The summed E-state index contributed by atoms with van der Waals surface area (Å²) in [5.74, 6) is 0.429. The summed E-state index contributed by atoms with van der Waals surface area (Å²) in [5.41, 5.74) is 1.85. The van der Waals surface area contributed by atoms with Crippen LogP contribution in [0.3, 0.4) is 0 Å². The van der Waals surface area contributed by atoms with Crippen molar-refractivity contribution >= 4 is 44.9 Å². The molecule has 1 amide bonds. The summed E-state index contributed by atoms with van der Waals surface area (Å²) in [6.07, 6.45) is 0. The molecule has 2 heterocycles. The molecule has 0 bridgehead atoms. The van der Waals surface area contributed by atoms with Crippen LogP contribution in [-0.4, -0.2) is 33.6 Å². The number of aromatic nitrogens is 2. The number of nitrogens with zero attached hydrogens (tertiary/aromatic N) is 3. The highest BCUT2D eigenvalue weighted by molar-refractivity contribution is 9.11. The molecule has 2 aromatic rings. The molecule has 0 atom stereocenters. The Hall–Kier alpha value is -0.920. The molecule has 0 unspecified atom stereocenters. The number of thiophene rings is 1. The molecule has 0 saturated heterocycles. The molecule has 0 saturated carbocycles. The van der Waals surface area contributed by atoms with Gasteiger partial charge in [0.2, 0.25) is 5.91 Å². The Morgan fingerprint density at radius 1 is 1.33 bits per heavy atom. The van der Waals surface area contributed by atoms with Gasteiger partial charge in [0.05, 0.1) is 16.1 Å². The summed E-state index contributed by atoms with van der Waals surface area (Å²) in [4.78, 5) is 23.7. The Kier molecular flexibility index (Phi) is 5.78. The number of hydrogen-bond acceptors (Lipinski definition) is 5. The molecule has 0 aliphatic carbocycles. The first-order valence-electron chi connectivity index (χ1n) is 6.37. The molecule has 0 fully saturated rings. The van der Waals surface area contributed by atoms with Crippen LogP contribution in [0.15, 0.2) is 27.1 Å². The third kappa shape index (κ3) is 5.09. The Bertz CT molecular complexity index is 625. The second-order valence-electron chi connectivity index (χ2n) is 4.68. The number of thioether (sulfide) groups is 1. The van der Waals surface area contributed by atoms with Gasteiger partial charge in [0, 0.05) is 23.3 Å². The van der Waals surface area contributed by atoms with Crippen molar-refractivity contribution < 1.29 is 4.79 Å². The van der Waals surface area contributed by atoms with Crippen LogP contribution >= 0.6 is 39.0 Å². The molecular formula is C14H16BrN3OS2. The number of carbonyl (C=O) groups is 1. The van der Waals surface area contributed by atoms with Crippen molar-refractivity contribution in [1.29, 1.82) is 0 Å². The summed E-state index contributed by atoms with van der Waals surface area (Å²) in [5, 5.41) is 0.660. The van der Waals surface area contributed by atoms with Crippen LogP contribution in [0.25, 0.3) is 0 Å². The maximum Gasteiger partial charge on any atom is 0.233 e. The summed E-state index contributed by atoms with van der Waals surface area (Å²) < 4.78 is 1.08. The van der Waals surface area contributed by atoms with E-state index in [9.17, 15) is 4.79 Å². The topological polar surface area (TPSA) is 46.1 Å². The average molecular weight is 386 g/mol. The smallest absolute Gasteiger partial charge is 0.233 e. The van der Waals surface area contributed by atoms with E-state index in [2.05, 4.69) is 25.9 Å². The molecule has 2 aromatic heterocycles. The number of aryl methyl sites for hydroxylation is 2. The second kappa shape index (κ2) is 7.38. The Labute approximate surface area is 141 Å². The molecule has 7 heteroatoms. The highest BCUT2D eigenvalue weighted by atomic mass is 79.9. The van der Waals surface area contributed by atoms with Crippen molar-refractivity contribution in [2.45, 2.75) is 25.5 Å². The van der Waals surface area contributed by atoms with Gasteiger partial charge in [-0.3, -0.25) is 4.79 Å². The van der Waals surface area contributed by atoms with E-state index in [1.165, 1.54) is 11.8 Å². The molecule has 4 nitrogen and oxygen atoms in total. The lowest BCUT2D eigenvalue weighted by molar-refractivity contribution is -0.127. The summed E-state index contributed by atoms with van der Waals surface area (Å²) in [7, 11) is 1.82. The molecular weight excluding hydrogens is 370 g/mol. The van der Waals surface area contributed by atoms with Crippen molar-refractivity contribution in [3.63, 3.8) is 0 Å². The highest BCUT2D eigenvalue weighted by Gasteiger charge is 2.12. The van der Waals surface area contributed by atoms with Crippen LogP contribution in [0.4, 0.5) is 0 Å². The summed E-state index contributed by atoms with van der Waals surface area (Å²) in [6, 6.07) is 5.95. The summed E-state index contributed by atoms with van der Waals surface area (Å²) in [6.45, 7) is 4.49. The van der Waals surface area contributed by atoms with Crippen LogP contribution in [0.1, 0.15) is 16.3 Å². The van der Waals surface area contributed by atoms with E-state index in [-0.39, 0.29) is 5.91 Å². The van der Waals surface area contributed by atoms with Crippen molar-refractivity contribution in [2.75, 3.05) is 12.8 Å². The standard InChI is InChI=1S/C14H16BrN3OS2/c1-9-6-10(2)17-14(16-9)20-8-13(19)18(3)7-11-4-5-12(15)21-11/h4-6H,7-8H2,1-3H3. The SMILES string of the molecule is Cc1cc(C)nc(SCC(=O)N(C)Cc2ccc(Br)s2)n1. The zero-order valence-corrected chi connectivity index (χ0v) is 15.3. The van der Waals surface area contributed by atoms with E-state index in [0.29, 0.717) is 17.5 Å². The Morgan fingerprint density at radius 2 is 2.00 bits per heavy atom. The van der Waals surface area contributed by atoms with Crippen molar-refractivity contribution in [3.05, 3.63) is 38.3 Å². The first kappa shape index (κ1) is 16.5. The number of rotatable bonds is 5. The monoisotopic (exact) mass is 385 g/mol. The van der Waals surface area contributed by atoms with E-state index < -0.39 is 0 Å². The zero-order valence-electron chi connectivity index (χ0n) is 12.1. The fourth-order valence-electron chi connectivity index (χ4n) is 1.75. The number of halogens is 1. The fraction of sp³-hybridized carbons (Fsp3) is 0.357. The van der Waals surface area contributed by atoms with E-state index in [0.717, 1.165) is 20.1 Å². The predicted molar refractivity (Wildman–Crippen MR) is 90.7 cm³/mol. The van der Waals surface area contributed by atoms with Gasteiger partial charge in [0.25, 0.3) is 0 Å². The molecule has 112 valence electrons. The third-order valence-corrected chi connectivity index (χ3v) is 5.17. The van der Waals surface area contributed by atoms with Gasteiger partial charge >= 0.3 is 0 Å². The largest absolute Gasteiger partial charge is 0.340 e. The van der Waals surface area contributed by atoms with E-state index in [4.69, 9.17) is 0 Å². The van der Waals surface area contributed by atoms with E-state index in [1.54, 1.807) is 16.2 Å². The van der Waals surface area contributed by atoms with Crippen LogP contribution in [0, 0.1) is 13.8 Å². The van der Waals surface area contributed by atoms with Gasteiger partial charge in [-0.15, -0.1) is 11.3 Å². The highest BCUT2D eigenvalue weighted by Crippen LogP contribution is 2.23. The fourth-order valence-corrected chi connectivity index (χ4v) is 4.18. The Morgan fingerprint density at radius 3 is 2.57 bits per heavy atom. The lowest BCUT2D eigenvalue weighted by Gasteiger charge is -2.15. The quantitative estimate of drug-likeness (QED) is 0.581. The van der Waals surface area contributed by atoms with Gasteiger partial charge in [-0.05, 0) is 48.0 Å². The molecule has 0 N–H and O–H groups in total. The first-order valence-corrected chi connectivity index (χ1v) is 8.97. The van der Waals surface area contributed by atoms with Crippen LogP contribution < -0.4 is 0 Å². The van der Waals surface area contributed by atoms with E-state index in [1.807, 2.05) is 39.1 Å². The molecule has 0 aliphatic heterocycles. The molecule has 0 aromatic carbocycles. The van der Waals surface area contributed by atoms with Gasteiger partial charge in [-0.25, -0.2) is 9.97 Å². The molecule has 21 heavy (non-hydrogen) atoms. The minimum atomic E-state index is 0.0762. The van der Waals surface area contributed by atoms with Crippen LogP contribution in [-0.2, 0) is 11.3 Å². The molecule has 2 rings (SSSR count). The van der Waals surface area contributed by atoms with Crippen LogP contribution in [0.2, 0.25) is 0 Å². The normalized spacial score (nSPS) is 10.7. The minimum absolute atomic E-state index is 0.0762. The van der Waals surface area contributed by atoms with Crippen molar-refractivity contribution in [2.24, 2.45) is 0 Å². The third-order valence-electron chi connectivity index (χ3n) is 2.73. The lowest BCUT2D eigenvalue weighted by atomic mass is 10.4. The predicted octanol–water partition coefficient (Wildman–Crippen LogP) is 3.67. The van der Waals surface area contributed by atoms with Gasteiger partial charge in [-0.1, -0.05) is 11.8 Å². The first-order chi connectivity index (χ1) is 9.94. The van der Waals surface area contributed by atoms with Gasteiger partial charge in [-0.2, -0.15) is 0 Å². The molecule has 0 aliphatic rings. The van der Waals surface area contributed by atoms with Gasteiger partial charge in [0.1, 0.15) is 0 Å². The number of carbonyl (C=O) groups excluding carboxylic acids is 1. The Balaban J connectivity index is 1.88.